The van der Waals surface area contributed by atoms with E-state index >= 15 is 8.78 Å². The Morgan fingerprint density at radius 3 is 2.47 bits per heavy atom. The summed E-state index contributed by atoms with van der Waals surface area (Å²) in [5, 5.41) is 5.50. The van der Waals surface area contributed by atoms with Crippen molar-refractivity contribution in [3.05, 3.63) is 41.6 Å². The number of fused-ring (bicyclic) bond motifs is 5. The summed E-state index contributed by atoms with van der Waals surface area (Å²) in [5.74, 6) is -7.37. The van der Waals surface area contributed by atoms with Gasteiger partial charge in [0.25, 0.3) is 11.8 Å². The number of nitrogens with one attached hydrogen (secondary N) is 3. The number of sulfonamides is 1. The summed E-state index contributed by atoms with van der Waals surface area (Å²) in [4.78, 5) is 63.2. The summed E-state index contributed by atoms with van der Waals surface area (Å²) >= 11 is 0. The third kappa shape index (κ3) is 9.54. The number of methoxy groups -OCH3 is 1. The third-order valence-corrected chi connectivity index (χ3v) is 16.4. The van der Waals surface area contributed by atoms with E-state index in [1.807, 2.05) is 6.08 Å². The third-order valence-electron chi connectivity index (χ3n) is 13.3. The van der Waals surface area contributed by atoms with E-state index < -0.39 is 120 Å². The van der Waals surface area contributed by atoms with Gasteiger partial charge in [-0.1, -0.05) is 38.8 Å². The first-order valence-corrected chi connectivity index (χ1v) is 25.4. The van der Waals surface area contributed by atoms with Gasteiger partial charge in [-0.2, -0.15) is 0 Å². The molecule has 352 valence electrons. The summed E-state index contributed by atoms with van der Waals surface area (Å²) < 4.78 is 103. The molecule has 4 heterocycles. The van der Waals surface area contributed by atoms with E-state index in [1.165, 1.54) is 33.9 Å². The van der Waals surface area contributed by atoms with Crippen molar-refractivity contribution in [2.24, 2.45) is 5.92 Å². The summed E-state index contributed by atoms with van der Waals surface area (Å²) in [6.45, 7) is 7.61. The van der Waals surface area contributed by atoms with Gasteiger partial charge in [0.05, 0.1) is 47.3 Å². The van der Waals surface area contributed by atoms with Crippen LogP contribution in [0, 0.1) is 5.92 Å². The maximum Gasteiger partial charge on any atom is 0.408 e. The zero-order valence-electron chi connectivity index (χ0n) is 37.3. The van der Waals surface area contributed by atoms with Crippen LogP contribution in [0.5, 0.6) is 11.5 Å². The molecule has 1 saturated heterocycles. The van der Waals surface area contributed by atoms with Gasteiger partial charge in [-0.25, -0.2) is 35.4 Å². The fourth-order valence-electron chi connectivity index (χ4n) is 9.07. The van der Waals surface area contributed by atoms with E-state index in [2.05, 4.69) is 15.4 Å². The van der Waals surface area contributed by atoms with Crippen LogP contribution in [0.3, 0.4) is 0 Å². The molecule has 5 aliphatic rings. The summed E-state index contributed by atoms with van der Waals surface area (Å²) in [7, 11) is -6.13. The molecule has 3 aliphatic heterocycles. The number of halogens is 2. The molecule has 5 atom stereocenters. The number of ether oxygens (including phenoxy) is 3. The monoisotopic (exact) mass is 935 g/mol. The minimum absolute atomic E-state index is 0.0402. The minimum atomic E-state index is -4.13. The summed E-state index contributed by atoms with van der Waals surface area (Å²) in [6, 6.07) is 1.80. The zero-order chi connectivity index (χ0) is 46.8. The average molecular weight is 936 g/mol. The van der Waals surface area contributed by atoms with E-state index in [9.17, 15) is 36.0 Å². The lowest BCUT2D eigenvalue weighted by Crippen LogP contribution is -2.58. The highest BCUT2D eigenvalue weighted by Crippen LogP contribution is 2.56. The fraction of sp³-hybridized carbons (Fsp3) is 0.659. The van der Waals surface area contributed by atoms with Crippen LogP contribution in [-0.4, -0.2) is 110 Å². The Bertz CT molecular complexity index is 2490. The normalized spacial score (nSPS) is 27.8. The Labute approximate surface area is 373 Å². The number of aromatic nitrogens is 1. The van der Waals surface area contributed by atoms with Gasteiger partial charge in [-0.3, -0.25) is 19.1 Å². The number of hydrogen-bond donors (Lipinski definition) is 3. The van der Waals surface area contributed by atoms with Crippen LogP contribution in [0.2, 0.25) is 0 Å². The molecule has 3 N–H and O–H groups in total. The van der Waals surface area contributed by atoms with Crippen molar-refractivity contribution in [2.75, 3.05) is 25.7 Å². The maximum absolute atomic E-state index is 17.2. The molecular formula is C44H59F2N5O11S2. The molecule has 0 bridgehead atoms. The molecule has 0 radical (unpaired) electrons. The number of amides is 4. The van der Waals surface area contributed by atoms with Crippen molar-refractivity contribution in [3.63, 3.8) is 0 Å². The van der Waals surface area contributed by atoms with Crippen LogP contribution in [0.1, 0.15) is 122 Å². The molecule has 7 rings (SSSR count). The van der Waals surface area contributed by atoms with Crippen LogP contribution in [-0.2, 0) is 44.9 Å². The van der Waals surface area contributed by atoms with Crippen molar-refractivity contribution < 1.29 is 59.0 Å². The van der Waals surface area contributed by atoms with Crippen LogP contribution >= 0.6 is 0 Å². The number of hydrogen-bond acceptors (Lipinski definition) is 12. The molecule has 1 aromatic carbocycles. The quantitative estimate of drug-likeness (QED) is 0.260. The zero-order valence-corrected chi connectivity index (χ0v) is 39.0. The molecule has 2 aromatic rings. The molecular weight excluding hydrogens is 877 g/mol. The number of sulfone groups is 1. The lowest BCUT2D eigenvalue weighted by atomic mass is 9.83. The average Bonchev–Trinajstić information content (AvgIpc) is 4.09. The highest BCUT2D eigenvalue weighted by atomic mass is 32.2. The summed E-state index contributed by atoms with van der Waals surface area (Å²) in [6.07, 6.45) is 5.24. The molecule has 1 spiro atoms. The second kappa shape index (κ2) is 16.7. The van der Waals surface area contributed by atoms with Gasteiger partial charge >= 0.3 is 6.09 Å². The summed E-state index contributed by atoms with van der Waals surface area (Å²) in [5.41, 5.74) is -4.76. The van der Waals surface area contributed by atoms with Gasteiger partial charge in [0, 0.05) is 30.4 Å². The van der Waals surface area contributed by atoms with Gasteiger partial charge in [0.2, 0.25) is 21.8 Å². The number of alkyl carbamates (subject to hydrolysis) is 1. The van der Waals surface area contributed by atoms with Crippen LogP contribution in [0.15, 0.2) is 30.4 Å². The smallest absolute Gasteiger partial charge is 0.408 e. The molecule has 16 nitrogen and oxygen atoms in total. The van der Waals surface area contributed by atoms with Crippen LogP contribution in [0.4, 0.5) is 13.6 Å². The molecule has 5 unspecified atom stereocenters. The molecule has 1 aromatic heterocycles. The molecule has 2 aliphatic carbocycles. The minimum Gasteiger partial charge on any atom is -0.497 e. The van der Waals surface area contributed by atoms with Crippen LogP contribution in [0.25, 0.3) is 10.9 Å². The molecule has 2 saturated carbocycles. The second-order valence-corrected chi connectivity index (χ2v) is 24.0. The number of benzene rings is 1. The first-order valence-electron chi connectivity index (χ1n) is 21.9. The first kappa shape index (κ1) is 47.4. The van der Waals surface area contributed by atoms with Gasteiger partial charge in [-0.15, -0.1) is 0 Å². The highest BCUT2D eigenvalue weighted by Gasteiger charge is 2.65. The Hall–Kier alpha value is -4.59. The number of carbonyl (C=O) groups is 4. The Balaban J connectivity index is 1.28. The Morgan fingerprint density at radius 2 is 1.81 bits per heavy atom. The molecule has 20 heteroatoms. The van der Waals surface area contributed by atoms with Crippen molar-refractivity contribution in [3.8, 4) is 11.5 Å². The number of nitrogens with zero attached hydrogens (tertiary/aromatic N) is 2. The van der Waals surface area contributed by atoms with Crippen molar-refractivity contribution in [1.29, 1.82) is 0 Å². The van der Waals surface area contributed by atoms with E-state index in [1.54, 1.807) is 32.1 Å². The largest absolute Gasteiger partial charge is 0.497 e. The fourth-order valence-corrected chi connectivity index (χ4v) is 11.2. The van der Waals surface area contributed by atoms with E-state index in [0.717, 1.165) is 11.2 Å². The molecule has 3 fully saturated rings. The molecule has 4 amide bonds. The topological polar surface area (TPSA) is 216 Å². The predicted molar refractivity (Wildman–Crippen MR) is 232 cm³/mol. The number of rotatable bonds is 10. The van der Waals surface area contributed by atoms with E-state index in [-0.39, 0.29) is 41.8 Å². The standard InChI is InChI=1S/C44H59F2N5O11S2/c1-26(2)34-35-33(29-21-28(60-6)15-16-30(29)47-34)44(45,46)24-42(61-35)23-32-36(52)49-43(38(54)50-64(58,59)41(5)17-18-41)22-27(43)13-11-9-8-10-12-14-31(37(53)51(32)25-42)48-39(55)62-40(3,4)19-20-63(7,56)57/h11,13,15-16,21,26-27,31-32H,8-10,12,14,17-20,22-25H2,1-7H3,(H,48,55)(H,49,52)(H,50,54). The number of carbonyl (C=O) groups excluding carboxylic acids is 4. The second-order valence-electron chi connectivity index (χ2n) is 19.5. The van der Waals surface area contributed by atoms with Crippen molar-refractivity contribution in [1.82, 2.24) is 25.2 Å². The Kier molecular flexibility index (Phi) is 12.4. The van der Waals surface area contributed by atoms with Crippen molar-refractivity contribution in [2.45, 2.75) is 151 Å². The lowest BCUT2D eigenvalue weighted by molar-refractivity contribution is -0.141. The van der Waals surface area contributed by atoms with Crippen molar-refractivity contribution >= 4 is 54.6 Å². The van der Waals surface area contributed by atoms with E-state index in [4.69, 9.17) is 19.2 Å². The van der Waals surface area contributed by atoms with Gasteiger partial charge in [-0.05, 0) is 83.4 Å². The molecule has 64 heavy (non-hydrogen) atoms. The number of alkyl halides is 2. The van der Waals surface area contributed by atoms with E-state index in [0.29, 0.717) is 49.8 Å². The Morgan fingerprint density at radius 1 is 1.09 bits per heavy atom. The van der Waals surface area contributed by atoms with Gasteiger partial charge < -0.3 is 29.7 Å². The van der Waals surface area contributed by atoms with Crippen LogP contribution < -0.4 is 24.8 Å². The van der Waals surface area contributed by atoms with Gasteiger partial charge in [0.1, 0.15) is 44.4 Å². The number of allylic oxidation sites excluding steroid dienone is 1. The lowest BCUT2D eigenvalue weighted by Gasteiger charge is -2.41. The number of pyridine rings is 1. The highest BCUT2D eigenvalue weighted by molar-refractivity contribution is 7.91. The first-order chi connectivity index (χ1) is 29.7. The van der Waals surface area contributed by atoms with Gasteiger partial charge in [0.15, 0.2) is 5.75 Å². The predicted octanol–water partition coefficient (Wildman–Crippen LogP) is 5.28. The maximum atomic E-state index is 17.2. The SMILES string of the molecule is COc1ccc2nc(C(C)C)c3c(c2c1)C(F)(F)CC1(CC2C(=O)NC4(C(=O)NS(=O)(=O)C5(C)CC5)CC4C=CCCCCCC(NC(=O)OC(C)(C)CCS(C)(=O)=O)C(=O)N2C1)O3.